The maximum absolute atomic E-state index is 12.6. The molecule has 0 spiro atoms. The Bertz CT molecular complexity index is 811. The molecule has 1 aliphatic carbocycles. The zero-order valence-electron chi connectivity index (χ0n) is 13.4. The van der Waals surface area contributed by atoms with Crippen LogP contribution in [0.25, 0.3) is 0 Å². The van der Waals surface area contributed by atoms with Crippen molar-refractivity contribution in [3.63, 3.8) is 0 Å². The van der Waals surface area contributed by atoms with Gasteiger partial charge in [0, 0.05) is 4.88 Å². The van der Waals surface area contributed by atoms with Gasteiger partial charge in [-0.3, -0.25) is 4.79 Å². The van der Waals surface area contributed by atoms with Gasteiger partial charge in [-0.05, 0) is 43.5 Å². The highest BCUT2D eigenvalue weighted by molar-refractivity contribution is 7.91. The van der Waals surface area contributed by atoms with E-state index in [0.29, 0.717) is 12.5 Å². The molecule has 1 aromatic heterocycles. The first-order chi connectivity index (χ1) is 11.5. The lowest BCUT2D eigenvalue weighted by molar-refractivity contribution is -0.123. The topological polar surface area (TPSA) is 75.3 Å². The van der Waals surface area contributed by atoms with Crippen LogP contribution in [0.1, 0.15) is 29.2 Å². The van der Waals surface area contributed by atoms with Crippen LogP contribution in [0, 0.1) is 5.92 Å². The monoisotopic (exact) mass is 364 g/mol. The number of amides is 1. The van der Waals surface area contributed by atoms with Crippen molar-refractivity contribution >= 4 is 27.3 Å². The number of carbonyl (C=O) groups excluding carboxylic acids is 1. The molecule has 1 heterocycles. The molecule has 128 valence electrons. The summed E-state index contributed by atoms with van der Waals surface area (Å²) in [6.07, 6.45) is 2.16. The summed E-state index contributed by atoms with van der Waals surface area (Å²) in [6, 6.07) is 13.1. The van der Waals surface area contributed by atoms with Crippen LogP contribution >= 0.6 is 11.3 Å². The number of nitrogens with one attached hydrogen (secondary N) is 2. The molecule has 24 heavy (non-hydrogen) atoms. The van der Waals surface area contributed by atoms with Gasteiger partial charge in [-0.2, -0.15) is 0 Å². The highest BCUT2D eigenvalue weighted by atomic mass is 32.2. The number of hydrogen-bond donors (Lipinski definition) is 2. The van der Waals surface area contributed by atoms with Crippen molar-refractivity contribution in [3.05, 3.63) is 52.9 Å². The Morgan fingerprint density at radius 1 is 1.21 bits per heavy atom. The molecule has 1 amide bonds. The predicted molar refractivity (Wildman–Crippen MR) is 94.3 cm³/mol. The predicted octanol–water partition coefficient (Wildman–Crippen LogP) is 2.47. The van der Waals surface area contributed by atoms with Crippen LogP contribution in [0.15, 0.2) is 46.7 Å². The number of benzene rings is 1. The lowest BCUT2D eigenvalue weighted by Crippen LogP contribution is -2.29. The van der Waals surface area contributed by atoms with Gasteiger partial charge in [-0.1, -0.05) is 30.3 Å². The summed E-state index contributed by atoms with van der Waals surface area (Å²) >= 11 is 1.17. The van der Waals surface area contributed by atoms with Gasteiger partial charge in [0.15, 0.2) is 0 Å². The minimum atomic E-state index is -3.42. The minimum Gasteiger partial charge on any atom is -0.351 e. The second-order valence-electron chi connectivity index (χ2n) is 5.87. The minimum absolute atomic E-state index is 0.00937. The fourth-order valence-corrected chi connectivity index (χ4v) is 4.84. The molecular formula is C17H20N2O3S2. The quantitative estimate of drug-likeness (QED) is 0.792. The van der Waals surface area contributed by atoms with E-state index in [1.807, 2.05) is 30.3 Å². The van der Waals surface area contributed by atoms with Crippen LogP contribution in [0.2, 0.25) is 0 Å². The second-order valence-corrected chi connectivity index (χ2v) is 9.15. The van der Waals surface area contributed by atoms with Gasteiger partial charge in [0.2, 0.25) is 15.9 Å². The molecule has 3 rings (SSSR count). The molecule has 0 radical (unpaired) electrons. The number of rotatable bonds is 7. The molecule has 2 N–H and O–H groups in total. The Hall–Kier alpha value is -1.70. The van der Waals surface area contributed by atoms with Gasteiger partial charge in [0.05, 0.1) is 12.5 Å². The van der Waals surface area contributed by atoms with E-state index in [9.17, 15) is 13.2 Å². The zero-order chi connectivity index (χ0) is 17.2. The normalized spacial score (nSPS) is 15.9. The van der Waals surface area contributed by atoms with Crippen molar-refractivity contribution in [2.45, 2.75) is 29.5 Å². The lowest BCUT2D eigenvalue weighted by atomic mass is 9.93. The lowest BCUT2D eigenvalue weighted by Gasteiger charge is -2.16. The van der Waals surface area contributed by atoms with E-state index in [1.165, 1.54) is 18.4 Å². The van der Waals surface area contributed by atoms with Crippen molar-refractivity contribution in [2.75, 3.05) is 7.05 Å². The first-order valence-electron chi connectivity index (χ1n) is 7.86. The van der Waals surface area contributed by atoms with E-state index in [4.69, 9.17) is 0 Å². The molecule has 1 atom stereocenters. The molecule has 5 nitrogen and oxygen atoms in total. The van der Waals surface area contributed by atoms with Gasteiger partial charge in [-0.15, -0.1) is 11.3 Å². The van der Waals surface area contributed by atoms with Gasteiger partial charge in [-0.25, -0.2) is 13.1 Å². The van der Waals surface area contributed by atoms with Crippen molar-refractivity contribution in [3.8, 4) is 0 Å². The van der Waals surface area contributed by atoms with Crippen molar-refractivity contribution in [1.29, 1.82) is 0 Å². The van der Waals surface area contributed by atoms with E-state index in [2.05, 4.69) is 10.0 Å². The summed E-state index contributed by atoms with van der Waals surface area (Å²) in [7, 11) is -2.04. The SMILES string of the molecule is CNS(=O)(=O)c1ccc(CNC(=O)C(c2ccccc2)C2CC2)s1. The first-order valence-corrected chi connectivity index (χ1v) is 10.2. The molecule has 0 aliphatic heterocycles. The third-order valence-electron chi connectivity index (χ3n) is 4.14. The number of hydrogen-bond acceptors (Lipinski definition) is 4. The van der Waals surface area contributed by atoms with Crippen LogP contribution < -0.4 is 10.0 Å². The highest BCUT2D eigenvalue weighted by Crippen LogP contribution is 2.42. The Morgan fingerprint density at radius 3 is 2.54 bits per heavy atom. The summed E-state index contributed by atoms with van der Waals surface area (Å²) in [5.74, 6) is 0.303. The highest BCUT2D eigenvalue weighted by Gasteiger charge is 2.37. The maximum Gasteiger partial charge on any atom is 0.249 e. The van der Waals surface area contributed by atoms with Crippen LogP contribution in [-0.4, -0.2) is 21.4 Å². The Morgan fingerprint density at radius 2 is 1.92 bits per heavy atom. The fraction of sp³-hybridized carbons (Fsp3) is 0.353. The third kappa shape index (κ3) is 3.85. The Balaban J connectivity index is 1.66. The number of thiophene rings is 1. The van der Waals surface area contributed by atoms with Gasteiger partial charge in [0.25, 0.3) is 0 Å². The third-order valence-corrected chi connectivity index (χ3v) is 7.13. The van der Waals surface area contributed by atoms with E-state index < -0.39 is 10.0 Å². The molecule has 0 saturated heterocycles. The zero-order valence-corrected chi connectivity index (χ0v) is 15.0. The average Bonchev–Trinajstić information content (AvgIpc) is 3.29. The summed E-state index contributed by atoms with van der Waals surface area (Å²) in [5.41, 5.74) is 1.04. The molecule has 0 bridgehead atoms. The Kier molecular flexibility index (Phi) is 5.03. The van der Waals surface area contributed by atoms with E-state index >= 15 is 0 Å². The summed E-state index contributed by atoms with van der Waals surface area (Å²) in [5, 5.41) is 2.96. The van der Waals surface area contributed by atoms with Crippen molar-refractivity contribution < 1.29 is 13.2 Å². The van der Waals surface area contributed by atoms with Gasteiger partial charge in [0.1, 0.15) is 4.21 Å². The maximum atomic E-state index is 12.6. The van der Waals surface area contributed by atoms with E-state index in [0.717, 1.165) is 23.3 Å². The largest absolute Gasteiger partial charge is 0.351 e. The van der Waals surface area contributed by atoms with Crippen LogP contribution in [0.5, 0.6) is 0 Å². The molecular weight excluding hydrogens is 344 g/mol. The second kappa shape index (κ2) is 7.04. The number of sulfonamides is 1. The summed E-state index contributed by atoms with van der Waals surface area (Å²) in [4.78, 5) is 13.4. The molecule has 1 fully saturated rings. The molecule has 7 heteroatoms. The standard InChI is InChI=1S/C17H20N2O3S2/c1-18-24(21,22)15-10-9-14(23-15)11-19-17(20)16(13-7-8-13)12-5-3-2-4-6-12/h2-6,9-10,13,16,18H,7-8,11H2,1H3,(H,19,20). The molecule has 1 saturated carbocycles. The van der Waals surface area contributed by atoms with E-state index in [1.54, 1.807) is 12.1 Å². The summed E-state index contributed by atoms with van der Waals surface area (Å²) < 4.78 is 26.1. The van der Waals surface area contributed by atoms with Crippen LogP contribution in [0.4, 0.5) is 0 Å². The summed E-state index contributed by atoms with van der Waals surface area (Å²) in [6.45, 7) is 0.346. The Labute approximate surface area is 146 Å². The molecule has 2 aromatic rings. The smallest absolute Gasteiger partial charge is 0.249 e. The van der Waals surface area contributed by atoms with Crippen LogP contribution in [-0.2, 0) is 21.4 Å². The van der Waals surface area contributed by atoms with Gasteiger partial charge < -0.3 is 5.32 Å². The fourth-order valence-electron chi connectivity index (χ4n) is 2.71. The first kappa shape index (κ1) is 17.1. The molecule has 1 aromatic carbocycles. The number of carbonyl (C=O) groups is 1. The van der Waals surface area contributed by atoms with E-state index in [-0.39, 0.29) is 16.0 Å². The van der Waals surface area contributed by atoms with Crippen LogP contribution in [0.3, 0.4) is 0 Å². The average molecular weight is 364 g/mol. The van der Waals surface area contributed by atoms with Crippen molar-refractivity contribution in [1.82, 2.24) is 10.0 Å². The molecule has 1 unspecified atom stereocenters. The van der Waals surface area contributed by atoms with Gasteiger partial charge >= 0.3 is 0 Å². The molecule has 1 aliphatic rings. The van der Waals surface area contributed by atoms with Crippen molar-refractivity contribution in [2.24, 2.45) is 5.92 Å².